The van der Waals surface area contributed by atoms with Gasteiger partial charge in [0.1, 0.15) is 5.69 Å². The lowest BCUT2D eigenvalue weighted by Gasteiger charge is -2.30. The molecule has 0 aliphatic carbocycles. The van der Waals surface area contributed by atoms with E-state index in [-0.39, 0.29) is 5.92 Å². The van der Waals surface area contributed by atoms with Gasteiger partial charge in [-0.3, -0.25) is 4.68 Å². The molecule has 1 aromatic heterocycles. The first-order chi connectivity index (χ1) is 10.9. The standard InChI is InChI=1S/C14H25N5O3S/c1-17-14-12(11-22-8-7-18-5-3-4-6-18)9-19(23(2,20)21)10-13(14)15-16-17/h12H,3-11H2,1-2H3/t12-/m1/s1. The van der Waals surface area contributed by atoms with Gasteiger partial charge >= 0.3 is 0 Å². The number of nitrogens with zero attached hydrogens (tertiary/aromatic N) is 5. The van der Waals surface area contributed by atoms with Crippen LogP contribution in [0.25, 0.3) is 0 Å². The summed E-state index contributed by atoms with van der Waals surface area (Å²) < 4.78 is 32.8. The van der Waals surface area contributed by atoms with Gasteiger partial charge in [0.05, 0.1) is 31.7 Å². The number of hydrogen-bond donors (Lipinski definition) is 0. The van der Waals surface area contributed by atoms with Gasteiger partial charge < -0.3 is 9.64 Å². The average molecular weight is 343 g/mol. The van der Waals surface area contributed by atoms with Gasteiger partial charge in [0.25, 0.3) is 0 Å². The van der Waals surface area contributed by atoms with Crippen LogP contribution in [0, 0.1) is 0 Å². The van der Waals surface area contributed by atoms with E-state index in [9.17, 15) is 8.42 Å². The molecule has 0 spiro atoms. The average Bonchev–Trinajstić information content (AvgIpc) is 3.13. The molecule has 0 unspecified atom stereocenters. The SMILES string of the molecule is Cn1nnc2c1[C@@H](COCCN1CCCC1)CN(S(C)(=O)=O)C2. The monoisotopic (exact) mass is 343 g/mol. The Morgan fingerprint density at radius 3 is 2.74 bits per heavy atom. The maximum atomic E-state index is 11.9. The highest BCUT2D eigenvalue weighted by Crippen LogP contribution is 2.28. The van der Waals surface area contributed by atoms with Crippen molar-refractivity contribution in [3.05, 3.63) is 11.4 Å². The Bertz CT molecular complexity index is 639. The van der Waals surface area contributed by atoms with Crippen LogP contribution >= 0.6 is 0 Å². The van der Waals surface area contributed by atoms with Crippen molar-refractivity contribution < 1.29 is 13.2 Å². The summed E-state index contributed by atoms with van der Waals surface area (Å²) >= 11 is 0. The molecule has 2 aliphatic rings. The van der Waals surface area contributed by atoms with Gasteiger partial charge in [0.15, 0.2) is 0 Å². The summed E-state index contributed by atoms with van der Waals surface area (Å²) in [5.74, 6) is -0.0212. The molecule has 130 valence electrons. The maximum absolute atomic E-state index is 11.9. The molecule has 3 rings (SSSR count). The fourth-order valence-electron chi connectivity index (χ4n) is 3.39. The lowest BCUT2D eigenvalue weighted by molar-refractivity contribution is 0.0904. The van der Waals surface area contributed by atoms with E-state index in [1.807, 2.05) is 7.05 Å². The van der Waals surface area contributed by atoms with Crippen LogP contribution in [-0.2, 0) is 28.4 Å². The summed E-state index contributed by atoms with van der Waals surface area (Å²) in [5.41, 5.74) is 1.73. The van der Waals surface area contributed by atoms with Crippen molar-refractivity contribution in [2.75, 3.05) is 45.6 Å². The predicted octanol–water partition coefficient (Wildman–Crippen LogP) is -0.214. The Morgan fingerprint density at radius 1 is 1.30 bits per heavy atom. The molecule has 1 atom stereocenters. The fraction of sp³-hybridized carbons (Fsp3) is 0.857. The summed E-state index contributed by atoms with van der Waals surface area (Å²) in [6, 6.07) is 0. The van der Waals surface area contributed by atoms with E-state index < -0.39 is 10.0 Å². The summed E-state index contributed by atoms with van der Waals surface area (Å²) in [5, 5.41) is 8.14. The van der Waals surface area contributed by atoms with Gasteiger partial charge in [-0.2, -0.15) is 4.31 Å². The van der Waals surface area contributed by atoms with Crippen LogP contribution < -0.4 is 0 Å². The van der Waals surface area contributed by atoms with Gasteiger partial charge in [-0.1, -0.05) is 5.21 Å². The lowest BCUT2D eigenvalue weighted by Crippen LogP contribution is -2.39. The molecule has 1 aromatic rings. The molecule has 3 heterocycles. The third-order valence-electron chi connectivity index (χ3n) is 4.62. The molecule has 23 heavy (non-hydrogen) atoms. The van der Waals surface area contributed by atoms with Crippen molar-refractivity contribution in [3.63, 3.8) is 0 Å². The van der Waals surface area contributed by atoms with E-state index in [0.717, 1.165) is 31.0 Å². The first-order valence-electron chi connectivity index (χ1n) is 8.09. The number of ether oxygens (including phenoxy) is 1. The van der Waals surface area contributed by atoms with Crippen LogP contribution in [0.15, 0.2) is 0 Å². The number of rotatable bonds is 6. The van der Waals surface area contributed by atoms with Gasteiger partial charge in [-0.05, 0) is 25.9 Å². The lowest BCUT2D eigenvalue weighted by atomic mass is 10.0. The predicted molar refractivity (Wildman–Crippen MR) is 85.5 cm³/mol. The summed E-state index contributed by atoms with van der Waals surface area (Å²) in [4.78, 5) is 2.40. The second-order valence-corrected chi connectivity index (χ2v) is 8.40. The molecule has 9 heteroatoms. The maximum Gasteiger partial charge on any atom is 0.211 e. The van der Waals surface area contributed by atoms with Crippen LogP contribution in [0.1, 0.15) is 30.1 Å². The van der Waals surface area contributed by atoms with E-state index in [2.05, 4.69) is 15.2 Å². The number of aromatic nitrogens is 3. The molecular weight excluding hydrogens is 318 g/mol. The quantitative estimate of drug-likeness (QED) is 0.665. The second-order valence-electron chi connectivity index (χ2n) is 6.42. The van der Waals surface area contributed by atoms with Crippen molar-refractivity contribution >= 4 is 10.0 Å². The van der Waals surface area contributed by atoms with Gasteiger partial charge in [-0.15, -0.1) is 5.10 Å². The highest BCUT2D eigenvalue weighted by atomic mass is 32.2. The molecule has 0 amide bonds. The third-order valence-corrected chi connectivity index (χ3v) is 5.84. The van der Waals surface area contributed by atoms with E-state index in [4.69, 9.17) is 4.74 Å². The topological polar surface area (TPSA) is 80.6 Å². The minimum atomic E-state index is -3.24. The molecule has 8 nitrogen and oxygen atoms in total. The summed E-state index contributed by atoms with van der Waals surface area (Å²) in [6.45, 7) is 5.15. The zero-order valence-electron chi connectivity index (χ0n) is 13.8. The van der Waals surface area contributed by atoms with Crippen LogP contribution in [0.5, 0.6) is 0 Å². The number of hydrogen-bond acceptors (Lipinski definition) is 6. The molecule has 0 saturated carbocycles. The zero-order valence-corrected chi connectivity index (χ0v) is 14.6. The normalized spacial score (nSPS) is 23.3. The molecule has 2 aliphatic heterocycles. The van der Waals surface area contributed by atoms with Crippen molar-refractivity contribution in [3.8, 4) is 0 Å². The van der Waals surface area contributed by atoms with Gasteiger partial charge in [-0.25, -0.2) is 8.42 Å². The first-order valence-corrected chi connectivity index (χ1v) is 9.93. The molecular formula is C14H25N5O3S. The highest BCUT2D eigenvalue weighted by molar-refractivity contribution is 7.88. The Balaban J connectivity index is 1.61. The molecule has 0 N–H and O–H groups in total. The molecule has 0 aromatic carbocycles. The Morgan fingerprint density at radius 2 is 2.04 bits per heavy atom. The number of fused-ring (bicyclic) bond motifs is 1. The van der Waals surface area contributed by atoms with Crippen LogP contribution in [0.4, 0.5) is 0 Å². The molecule has 1 fully saturated rings. The molecule has 0 bridgehead atoms. The van der Waals surface area contributed by atoms with Crippen LogP contribution in [0.3, 0.4) is 0 Å². The van der Waals surface area contributed by atoms with Crippen LogP contribution in [0.2, 0.25) is 0 Å². The summed E-state index contributed by atoms with van der Waals surface area (Å²) in [6.07, 6.45) is 3.78. The number of likely N-dealkylation sites (tertiary alicyclic amines) is 1. The van der Waals surface area contributed by atoms with Gasteiger partial charge in [0.2, 0.25) is 10.0 Å². The molecule has 1 saturated heterocycles. The third kappa shape index (κ3) is 3.90. The molecule has 0 radical (unpaired) electrons. The number of aryl methyl sites for hydroxylation is 1. The van der Waals surface area contributed by atoms with Crippen molar-refractivity contribution in [2.24, 2.45) is 7.05 Å². The first kappa shape index (κ1) is 16.8. The minimum Gasteiger partial charge on any atom is -0.379 e. The van der Waals surface area contributed by atoms with E-state index >= 15 is 0 Å². The van der Waals surface area contributed by atoms with Crippen molar-refractivity contribution in [1.82, 2.24) is 24.2 Å². The smallest absolute Gasteiger partial charge is 0.211 e. The van der Waals surface area contributed by atoms with E-state index in [0.29, 0.717) is 26.3 Å². The van der Waals surface area contributed by atoms with E-state index in [1.165, 1.54) is 23.4 Å². The van der Waals surface area contributed by atoms with Gasteiger partial charge in [0, 0.05) is 26.1 Å². The number of sulfonamides is 1. The minimum absolute atomic E-state index is 0.0212. The zero-order chi connectivity index (χ0) is 16.4. The Kier molecular flexibility index (Phi) is 5.00. The Labute approximate surface area is 137 Å². The summed E-state index contributed by atoms with van der Waals surface area (Å²) in [7, 11) is -1.40. The highest BCUT2D eigenvalue weighted by Gasteiger charge is 2.34. The van der Waals surface area contributed by atoms with Crippen LogP contribution in [-0.4, -0.2) is 78.3 Å². The van der Waals surface area contributed by atoms with Crippen molar-refractivity contribution in [1.29, 1.82) is 0 Å². The largest absolute Gasteiger partial charge is 0.379 e. The fourth-order valence-corrected chi connectivity index (χ4v) is 4.20. The van der Waals surface area contributed by atoms with Crippen molar-refractivity contribution in [2.45, 2.75) is 25.3 Å². The Hall–Kier alpha value is -1.03. The van der Waals surface area contributed by atoms with E-state index in [1.54, 1.807) is 4.68 Å². The second kappa shape index (κ2) is 6.84.